The van der Waals surface area contributed by atoms with Crippen LogP contribution < -0.4 is 5.32 Å². The molecule has 0 atom stereocenters. The Morgan fingerprint density at radius 3 is 2.66 bits per heavy atom. The van der Waals surface area contributed by atoms with E-state index in [1.807, 2.05) is 24.5 Å². The van der Waals surface area contributed by atoms with Gasteiger partial charge in [-0.3, -0.25) is 4.79 Å². The predicted octanol–water partition coefficient (Wildman–Crippen LogP) is 5.52. The van der Waals surface area contributed by atoms with Gasteiger partial charge in [-0.2, -0.15) is 4.99 Å². The maximum absolute atomic E-state index is 12.5. The second-order valence-electron chi connectivity index (χ2n) is 7.79. The summed E-state index contributed by atoms with van der Waals surface area (Å²) >= 11 is 13.7. The number of nitrogens with one attached hydrogen (secondary N) is 1. The summed E-state index contributed by atoms with van der Waals surface area (Å²) in [4.78, 5) is 24.1. The number of nitrogens with zero attached hydrogens (tertiary/aromatic N) is 4. The van der Waals surface area contributed by atoms with Crippen molar-refractivity contribution in [2.24, 2.45) is 4.99 Å². The molecule has 3 aromatic rings. The number of imidazole rings is 1. The molecule has 2 aromatic carbocycles. The fourth-order valence-electron chi connectivity index (χ4n) is 3.94. The Morgan fingerprint density at radius 2 is 1.88 bits per heavy atom. The van der Waals surface area contributed by atoms with Gasteiger partial charge >= 0.3 is 0 Å². The van der Waals surface area contributed by atoms with Crippen LogP contribution in [0.3, 0.4) is 0 Å². The summed E-state index contributed by atoms with van der Waals surface area (Å²) in [6.45, 7) is 4.29. The van der Waals surface area contributed by atoms with Crippen LogP contribution in [0.5, 0.6) is 0 Å². The largest absolute Gasteiger partial charge is 0.332 e. The predicted molar refractivity (Wildman–Crippen MR) is 134 cm³/mol. The zero-order valence-electron chi connectivity index (χ0n) is 17.2. The molecule has 9 heteroatoms. The third-order valence-electron chi connectivity index (χ3n) is 5.61. The molecule has 0 bridgehead atoms. The first kappa shape index (κ1) is 21.5. The fraction of sp³-hybridized carbons (Fsp3) is 0.261. The van der Waals surface area contributed by atoms with E-state index >= 15 is 0 Å². The monoisotopic (exact) mass is 485 g/mol. The van der Waals surface area contributed by atoms with Crippen molar-refractivity contribution in [2.45, 2.75) is 19.4 Å². The summed E-state index contributed by atoms with van der Waals surface area (Å²) in [7, 11) is 0. The van der Waals surface area contributed by atoms with E-state index in [0.717, 1.165) is 29.7 Å². The Bertz CT molecular complexity index is 1230. The zero-order valence-corrected chi connectivity index (χ0v) is 19.6. The lowest BCUT2D eigenvalue weighted by atomic mass is 10.2. The van der Waals surface area contributed by atoms with Gasteiger partial charge in [0.2, 0.25) is 0 Å². The number of fused-ring (bicyclic) bond motifs is 1. The van der Waals surface area contributed by atoms with E-state index in [2.05, 4.69) is 30.8 Å². The van der Waals surface area contributed by atoms with Gasteiger partial charge < -0.3 is 14.8 Å². The van der Waals surface area contributed by atoms with Crippen molar-refractivity contribution in [1.82, 2.24) is 14.5 Å². The molecule has 0 aliphatic carbocycles. The minimum absolute atomic E-state index is 0.289. The average Bonchev–Trinajstić information content (AvgIpc) is 3.50. The van der Waals surface area contributed by atoms with Crippen molar-refractivity contribution in [3.8, 4) is 0 Å². The van der Waals surface area contributed by atoms with Crippen LogP contribution >= 0.6 is 35.0 Å². The van der Waals surface area contributed by atoms with Crippen molar-refractivity contribution in [2.75, 3.05) is 25.0 Å². The number of hydrogen-bond donors (Lipinski definition) is 1. The summed E-state index contributed by atoms with van der Waals surface area (Å²) in [5.41, 5.74) is 3.49. The highest BCUT2D eigenvalue weighted by molar-refractivity contribution is 8.18. The highest BCUT2D eigenvalue weighted by Crippen LogP contribution is 2.34. The Balaban J connectivity index is 1.32. The number of rotatable bonds is 5. The number of thioether (sulfide) groups is 1. The van der Waals surface area contributed by atoms with Crippen LogP contribution in [-0.4, -0.2) is 45.2 Å². The number of anilines is 1. The molecule has 3 heterocycles. The molecule has 0 radical (unpaired) electrons. The van der Waals surface area contributed by atoms with Crippen LogP contribution in [0.15, 0.2) is 52.6 Å². The molecule has 1 N–H and O–H groups in total. The van der Waals surface area contributed by atoms with Gasteiger partial charge in [-0.05, 0) is 73.6 Å². The Hall–Kier alpha value is -2.32. The standard InChI is InChI=1S/C23H21Cl2N5OS/c24-16-4-3-5-17(25)21(16)27-23-28-22(31)20(32-23)13-15-6-7-18-19(12-15)30(14-26-18)11-10-29-8-1-2-9-29/h3-7,12-14H,1-2,8-11H2,(H,27,28,31). The number of para-hydroxylation sites is 1. The molecule has 0 saturated carbocycles. The lowest BCUT2D eigenvalue weighted by Gasteiger charge is -2.15. The number of halogens is 2. The second kappa shape index (κ2) is 9.27. The quantitative estimate of drug-likeness (QED) is 0.481. The first-order valence-electron chi connectivity index (χ1n) is 10.5. The smallest absolute Gasteiger partial charge is 0.286 e. The molecule has 0 unspecified atom stereocenters. The van der Waals surface area contributed by atoms with Gasteiger partial charge in [-0.15, -0.1) is 0 Å². The topological polar surface area (TPSA) is 62.5 Å². The summed E-state index contributed by atoms with van der Waals surface area (Å²) < 4.78 is 2.18. The number of aromatic nitrogens is 2. The Morgan fingerprint density at radius 1 is 1.09 bits per heavy atom. The van der Waals surface area contributed by atoms with Gasteiger partial charge in [0.25, 0.3) is 5.91 Å². The van der Waals surface area contributed by atoms with E-state index < -0.39 is 0 Å². The Kier molecular flexibility index (Phi) is 6.24. The molecule has 1 fully saturated rings. The first-order valence-corrected chi connectivity index (χ1v) is 12.0. The summed E-state index contributed by atoms with van der Waals surface area (Å²) in [6.07, 6.45) is 6.33. The van der Waals surface area contributed by atoms with E-state index in [4.69, 9.17) is 23.2 Å². The van der Waals surface area contributed by atoms with Crippen LogP contribution in [0.25, 0.3) is 17.1 Å². The lowest BCUT2D eigenvalue weighted by Crippen LogP contribution is -2.23. The molecule has 2 aliphatic rings. The number of amides is 1. The van der Waals surface area contributed by atoms with Crippen molar-refractivity contribution in [1.29, 1.82) is 0 Å². The van der Waals surface area contributed by atoms with E-state index in [1.165, 1.54) is 37.7 Å². The molecule has 1 saturated heterocycles. The third-order valence-corrected chi connectivity index (χ3v) is 7.14. The van der Waals surface area contributed by atoms with E-state index in [1.54, 1.807) is 18.2 Å². The second-order valence-corrected chi connectivity index (χ2v) is 9.63. The minimum Gasteiger partial charge on any atom is -0.332 e. The van der Waals surface area contributed by atoms with Crippen LogP contribution in [0.2, 0.25) is 10.0 Å². The van der Waals surface area contributed by atoms with Crippen molar-refractivity contribution in [3.05, 3.63) is 63.2 Å². The van der Waals surface area contributed by atoms with E-state index in [9.17, 15) is 4.79 Å². The molecule has 5 rings (SSSR count). The maximum Gasteiger partial charge on any atom is 0.286 e. The molecule has 1 aromatic heterocycles. The first-order chi connectivity index (χ1) is 15.6. The van der Waals surface area contributed by atoms with Gasteiger partial charge in [0.1, 0.15) is 0 Å². The van der Waals surface area contributed by atoms with Gasteiger partial charge in [0, 0.05) is 13.1 Å². The average molecular weight is 486 g/mol. The van der Waals surface area contributed by atoms with Crippen LogP contribution in [0, 0.1) is 0 Å². The lowest BCUT2D eigenvalue weighted by molar-refractivity contribution is -0.113. The molecule has 32 heavy (non-hydrogen) atoms. The number of amidine groups is 1. The van der Waals surface area contributed by atoms with Crippen molar-refractivity contribution < 1.29 is 4.79 Å². The van der Waals surface area contributed by atoms with Crippen LogP contribution in [0.4, 0.5) is 5.69 Å². The van der Waals surface area contributed by atoms with Gasteiger partial charge in [0.15, 0.2) is 5.17 Å². The fourth-order valence-corrected chi connectivity index (χ4v) is 5.25. The number of likely N-dealkylation sites (tertiary alicyclic amines) is 1. The van der Waals surface area contributed by atoms with Crippen LogP contribution in [-0.2, 0) is 11.3 Å². The number of hydrogen-bond acceptors (Lipinski definition) is 5. The maximum atomic E-state index is 12.5. The normalized spacial score (nSPS) is 18.1. The molecule has 164 valence electrons. The summed E-state index contributed by atoms with van der Waals surface area (Å²) in [5, 5.41) is 4.46. The molecule has 0 spiro atoms. The molecule has 2 aliphatic heterocycles. The highest BCUT2D eigenvalue weighted by atomic mass is 35.5. The van der Waals surface area contributed by atoms with E-state index in [-0.39, 0.29) is 5.91 Å². The summed E-state index contributed by atoms with van der Waals surface area (Å²) in [6, 6.07) is 11.3. The number of carbonyl (C=O) groups excluding carboxylic acids is 1. The number of benzene rings is 2. The number of carbonyl (C=O) groups is 1. The van der Waals surface area contributed by atoms with Gasteiger partial charge in [0.05, 0.1) is 38.0 Å². The molecule has 1 amide bonds. The summed E-state index contributed by atoms with van der Waals surface area (Å²) in [5.74, 6) is -0.289. The minimum atomic E-state index is -0.289. The third kappa shape index (κ3) is 4.57. The van der Waals surface area contributed by atoms with Crippen molar-refractivity contribution >= 4 is 68.8 Å². The SMILES string of the molecule is O=C1N=C(Nc2c(Cl)cccc2Cl)SC1=Cc1ccc2ncn(CCN3CCCC3)c2c1. The van der Waals surface area contributed by atoms with Gasteiger partial charge in [-0.1, -0.05) is 35.3 Å². The Labute approximate surface area is 200 Å². The van der Waals surface area contributed by atoms with Crippen LogP contribution in [0.1, 0.15) is 18.4 Å². The number of aliphatic imine (C=N–C) groups is 1. The highest BCUT2D eigenvalue weighted by Gasteiger charge is 2.23. The zero-order chi connectivity index (χ0) is 22.1. The van der Waals surface area contributed by atoms with Gasteiger partial charge in [-0.25, -0.2) is 4.98 Å². The van der Waals surface area contributed by atoms with Crippen molar-refractivity contribution in [3.63, 3.8) is 0 Å². The molecular weight excluding hydrogens is 465 g/mol. The molecule has 6 nitrogen and oxygen atoms in total. The molecular formula is C23H21Cl2N5OS. The van der Waals surface area contributed by atoms with E-state index in [0.29, 0.717) is 25.8 Å².